The number of fused-ring (bicyclic) bond motifs is 1. The van der Waals surface area contributed by atoms with Gasteiger partial charge in [0, 0.05) is 15.4 Å². The van der Waals surface area contributed by atoms with Crippen LogP contribution < -0.4 is 0 Å². The fraction of sp³-hybridized carbons (Fsp3) is 0.0625. The first-order valence-corrected chi connectivity index (χ1v) is 6.77. The number of aryl methyl sites for hydroxylation is 1. The van der Waals surface area contributed by atoms with Gasteiger partial charge >= 0.3 is 0 Å². The summed E-state index contributed by atoms with van der Waals surface area (Å²) in [5, 5.41) is 1.13. The molecule has 0 aliphatic rings. The van der Waals surface area contributed by atoms with E-state index < -0.39 is 0 Å². The fourth-order valence-electron chi connectivity index (χ4n) is 2.15. The maximum atomic E-state index is 13.0. The second-order valence-corrected chi connectivity index (χ2v) is 5.22. The number of aromatic nitrogens is 1. The normalized spacial score (nSPS) is 10.9. The lowest BCUT2D eigenvalue weighted by Gasteiger charge is -2.10. The number of benzene rings is 2. The number of hydrogen-bond donors (Lipinski definition) is 0. The third-order valence-corrected chi connectivity index (χ3v) is 4.17. The molecule has 1 nitrogen and oxygen atoms in total. The van der Waals surface area contributed by atoms with Gasteiger partial charge in [-0.1, -0.05) is 18.2 Å². The highest BCUT2D eigenvalue weighted by Gasteiger charge is 2.11. The zero-order valence-corrected chi connectivity index (χ0v) is 11.9. The number of nitrogens with zero attached hydrogens (tertiary/aromatic N) is 1. The van der Waals surface area contributed by atoms with Crippen molar-refractivity contribution in [2.75, 3.05) is 0 Å². The van der Waals surface area contributed by atoms with Gasteiger partial charge in [0.2, 0.25) is 0 Å². The average molecular weight is 316 g/mol. The summed E-state index contributed by atoms with van der Waals surface area (Å²) in [6.07, 6.45) is 0. The van der Waals surface area contributed by atoms with Crippen LogP contribution in [0.25, 0.3) is 22.2 Å². The molecule has 0 radical (unpaired) electrons. The number of halogens is 2. The topological polar surface area (TPSA) is 12.9 Å². The Labute approximate surface area is 119 Å². The maximum absolute atomic E-state index is 13.0. The van der Waals surface area contributed by atoms with E-state index in [-0.39, 0.29) is 5.82 Å². The van der Waals surface area contributed by atoms with E-state index in [4.69, 9.17) is 0 Å². The summed E-state index contributed by atoms with van der Waals surface area (Å²) < 4.78 is 14.0. The van der Waals surface area contributed by atoms with E-state index in [1.165, 1.54) is 12.1 Å². The molecule has 2 aromatic carbocycles. The molecule has 19 heavy (non-hydrogen) atoms. The van der Waals surface area contributed by atoms with Crippen LogP contribution >= 0.6 is 15.9 Å². The van der Waals surface area contributed by atoms with E-state index in [0.717, 1.165) is 32.2 Å². The third-order valence-electron chi connectivity index (χ3n) is 3.20. The van der Waals surface area contributed by atoms with Crippen molar-refractivity contribution in [1.29, 1.82) is 0 Å². The van der Waals surface area contributed by atoms with Gasteiger partial charge in [0.15, 0.2) is 0 Å². The molecule has 0 saturated carbocycles. The van der Waals surface area contributed by atoms with Crippen molar-refractivity contribution < 1.29 is 4.39 Å². The van der Waals surface area contributed by atoms with Gasteiger partial charge in [0.05, 0.1) is 11.2 Å². The van der Waals surface area contributed by atoms with E-state index in [2.05, 4.69) is 33.9 Å². The standard InChI is InChI=1S/C16H11BrFN/c1-10-13-4-2-3-5-14(13)19-16(15(10)17)11-6-8-12(18)9-7-11/h2-9H,1H3. The molecule has 3 aromatic rings. The number of rotatable bonds is 1. The third kappa shape index (κ3) is 2.15. The Morgan fingerprint density at radius 2 is 1.68 bits per heavy atom. The van der Waals surface area contributed by atoms with Crippen molar-refractivity contribution in [2.24, 2.45) is 0 Å². The molecular formula is C16H11BrFN. The number of para-hydroxylation sites is 1. The highest BCUT2D eigenvalue weighted by Crippen LogP contribution is 2.33. The van der Waals surface area contributed by atoms with Crippen molar-refractivity contribution in [1.82, 2.24) is 4.98 Å². The van der Waals surface area contributed by atoms with E-state index >= 15 is 0 Å². The summed E-state index contributed by atoms with van der Waals surface area (Å²) in [4.78, 5) is 4.67. The smallest absolute Gasteiger partial charge is 0.123 e. The SMILES string of the molecule is Cc1c(Br)c(-c2ccc(F)cc2)nc2ccccc12. The van der Waals surface area contributed by atoms with Gasteiger partial charge in [-0.05, 0) is 58.7 Å². The summed E-state index contributed by atoms with van der Waals surface area (Å²) in [7, 11) is 0. The van der Waals surface area contributed by atoms with Crippen LogP contribution in [0.2, 0.25) is 0 Å². The Morgan fingerprint density at radius 1 is 1.00 bits per heavy atom. The molecule has 1 heterocycles. The lowest BCUT2D eigenvalue weighted by atomic mass is 10.1. The van der Waals surface area contributed by atoms with Crippen molar-refractivity contribution in [3.63, 3.8) is 0 Å². The molecule has 0 aliphatic carbocycles. The molecule has 0 N–H and O–H groups in total. The van der Waals surface area contributed by atoms with Crippen LogP contribution in [-0.2, 0) is 0 Å². The van der Waals surface area contributed by atoms with Gasteiger partial charge in [-0.2, -0.15) is 0 Å². The Kier molecular flexibility index (Phi) is 3.07. The molecule has 94 valence electrons. The van der Waals surface area contributed by atoms with Gasteiger partial charge in [0.1, 0.15) is 5.82 Å². The molecule has 0 amide bonds. The van der Waals surface area contributed by atoms with Gasteiger partial charge in [-0.15, -0.1) is 0 Å². The zero-order chi connectivity index (χ0) is 13.4. The van der Waals surface area contributed by atoms with E-state index in [9.17, 15) is 4.39 Å². The van der Waals surface area contributed by atoms with Crippen molar-refractivity contribution in [3.8, 4) is 11.3 Å². The first-order chi connectivity index (χ1) is 9.16. The van der Waals surface area contributed by atoms with E-state index in [1.807, 2.05) is 18.2 Å². The largest absolute Gasteiger partial charge is 0.247 e. The summed E-state index contributed by atoms with van der Waals surface area (Å²) >= 11 is 3.60. The van der Waals surface area contributed by atoms with Crippen LogP contribution in [0, 0.1) is 12.7 Å². The van der Waals surface area contributed by atoms with Crippen LogP contribution in [0.3, 0.4) is 0 Å². The molecule has 0 fully saturated rings. The van der Waals surface area contributed by atoms with Crippen LogP contribution in [0.4, 0.5) is 4.39 Å². The molecule has 0 bridgehead atoms. The molecule has 3 rings (SSSR count). The van der Waals surface area contributed by atoms with Crippen LogP contribution in [-0.4, -0.2) is 4.98 Å². The number of pyridine rings is 1. The minimum absolute atomic E-state index is 0.239. The molecule has 3 heteroatoms. The summed E-state index contributed by atoms with van der Waals surface area (Å²) in [6, 6.07) is 14.4. The Bertz CT molecular complexity index is 751. The predicted octanol–water partition coefficient (Wildman–Crippen LogP) is 5.11. The second-order valence-electron chi connectivity index (χ2n) is 4.42. The molecule has 0 atom stereocenters. The van der Waals surface area contributed by atoms with E-state index in [0.29, 0.717) is 0 Å². The molecule has 0 spiro atoms. The highest BCUT2D eigenvalue weighted by atomic mass is 79.9. The minimum atomic E-state index is -0.239. The summed E-state index contributed by atoms with van der Waals surface area (Å²) in [5.74, 6) is -0.239. The van der Waals surface area contributed by atoms with Crippen molar-refractivity contribution in [2.45, 2.75) is 6.92 Å². The lowest BCUT2D eigenvalue weighted by molar-refractivity contribution is 0.628. The molecular weight excluding hydrogens is 305 g/mol. The van der Waals surface area contributed by atoms with Gasteiger partial charge in [0.25, 0.3) is 0 Å². The van der Waals surface area contributed by atoms with Gasteiger partial charge in [-0.25, -0.2) is 9.37 Å². The zero-order valence-electron chi connectivity index (χ0n) is 10.3. The van der Waals surface area contributed by atoms with Crippen molar-refractivity contribution >= 4 is 26.8 Å². The first kappa shape index (κ1) is 12.3. The summed E-state index contributed by atoms with van der Waals surface area (Å²) in [6.45, 7) is 2.06. The lowest BCUT2D eigenvalue weighted by Crippen LogP contribution is -1.91. The maximum Gasteiger partial charge on any atom is 0.123 e. The second kappa shape index (κ2) is 4.74. The van der Waals surface area contributed by atoms with Crippen LogP contribution in [0.15, 0.2) is 53.0 Å². The first-order valence-electron chi connectivity index (χ1n) is 5.97. The van der Waals surface area contributed by atoms with Crippen molar-refractivity contribution in [3.05, 3.63) is 64.4 Å². The number of hydrogen-bond acceptors (Lipinski definition) is 1. The Morgan fingerprint density at radius 3 is 2.42 bits per heavy atom. The Hall–Kier alpha value is -1.74. The average Bonchev–Trinajstić information content (AvgIpc) is 2.44. The summed E-state index contributed by atoms with van der Waals surface area (Å²) in [5.41, 5.74) is 3.84. The minimum Gasteiger partial charge on any atom is -0.247 e. The molecule has 0 unspecified atom stereocenters. The quantitative estimate of drug-likeness (QED) is 0.608. The van der Waals surface area contributed by atoms with Crippen LogP contribution in [0.5, 0.6) is 0 Å². The fourth-order valence-corrected chi connectivity index (χ4v) is 2.68. The molecule has 1 aromatic heterocycles. The van der Waals surface area contributed by atoms with Gasteiger partial charge < -0.3 is 0 Å². The molecule has 0 aliphatic heterocycles. The van der Waals surface area contributed by atoms with Crippen LogP contribution in [0.1, 0.15) is 5.56 Å². The highest BCUT2D eigenvalue weighted by molar-refractivity contribution is 9.10. The van der Waals surface area contributed by atoms with E-state index in [1.54, 1.807) is 12.1 Å². The monoisotopic (exact) mass is 315 g/mol. The van der Waals surface area contributed by atoms with Gasteiger partial charge in [-0.3, -0.25) is 0 Å². The predicted molar refractivity (Wildman–Crippen MR) is 79.6 cm³/mol. The Balaban J connectivity index is 2.29. The molecule has 0 saturated heterocycles.